The minimum Gasteiger partial charge on any atom is -0.296 e. The zero-order valence-electron chi connectivity index (χ0n) is 10.3. The van der Waals surface area contributed by atoms with Crippen molar-refractivity contribution in [3.63, 3.8) is 0 Å². The van der Waals surface area contributed by atoms with Crippen molar-refractivity contribution in [3.8, 4) is 6.07 Å². The maximum Gasteiger partial charge on any atom is 0.107 e. The summed E-state index contributed by atoms with van der Waals surface area (Å²) in [5, 5.41) is 12.5. The van der Waals surface area contributed by atoms with Gasteiger partial charge >= 0.3 is 0 Å². The van der Waals surface area contributed by atoms with Gasteiger partial charge in [0.15, 0.2) is 0 Å². The number of aryl methyl sites for hydroxylation is 1. The van der Waals surface area contributed by atoms with Gasteiger partial charge in [0.05, 0.1) is 12.6 Å². The van der Waals surface area contributed by atoms with Crippen LogP contribution in [0, 0.1) is 18.3 Å². The molecule has 92 valence electrons. The van der Waals surface area contributed by atoms with E-state index in [1.54, 1.807) is 23.1 Å². The molecule has 17 heavy (non-hydrogen) atoms. The fourth-order valence-corrected chi connectivity index (χ4v) is 3.60. The van der Waals surface area contributed by atoms with Crippen LogP contribution in [0.1, 0.15) is 23.5 Å². The molecule has 0 bridgehead atoms. The first-order valence-corrected chi connectivity index (χ1v) is 7.88. The molecule has 0 unspecified atom stereocenters. The Morgan fingerprint density at radius 3 is 2.76 bits per heavy atom. The molecule has 0 N–H and O–H groups in total. The minimum atomic E-state index is -0.144. The lowest BCUT2D eigenvalue weighted by Crippen LogP contribution is -2.41. The Balaban J connectivity index is 1.90. The average Bonchev–Trinajstić information content (AvgIpc) is 2.76. The first-order chi connectivity index (χ1) is 8.17. The van der Waals surface area contributed by atoms with Crippen molar-refractivity contribution >= 4 is 23.1 Å². The van der Waals surface area contributed by atoms with Crippen molar-refractivity contribution in [2.24, 2.45) is 0 Å². The van der Waals surface area contributed by atoms with Crippen molar-refractivity contribution < 1.29 is 0 Å². The van der Waals surface area contributed by atoms with Crippen molar-refractivity contribution in [1.29, 1.82) is 5.26 Å². The largest absolute Gasteiger partial charge is 0.296 e. The molecule has 1 aliphatic heterocycles. The van der Waals surface area contributed by atoms with Crippen LogP contribution in [0.5, 0.6) is 0 Å². The second-order valence-corrected chi connectivity index (χ2v) is 6.60. The Morgan fingerprint density at radius 1 is 1.59 bits per heavy atom. The van der Waals surface area contributed by atoms with Gasteiger partial charge in [-0.25, -0.2) is 4.98 Å². The number of rotatable bonds is 3. The molecule has 3 nitrogen and oxygen atoms in total. The first kappa shape index (κ1) is 12.9. The first-order valence-electron chi connectivity index (χ1n) is 5.77. The van der Waals surface area contributed by atoms with Crippen LogP contribution in [-0.2, 0) is 6.54 Å². The minimum absolute atomic E-state index is 0.144. The lowest BCUT2D eigenvalue weighted by Gasteiger charge is -2.35. The highest BCUT2D eigenvalue weighted by Gasteiger charge is 2.33. The van der Waals surface area contributed by atoms with Crippen LogP contribution >= 0.6 is 23.1 Å². The van der Waals surface area contributed by atoms with E-state index in [2.05, 4.69) is 21.3 Å². The van der Waals surface area contributed by atoms with Gasteiger partial charge < -0.3 is 0 Å². The summed E-state index contributed by atoms with van der Waals surface area (Å²) in [5.41, 5.74) is 1.11. The molecule has 2 rings (SSSR count). The van der Waals surface area contributed by atoms with Gasteiger partial charge in [0.25, 0.3) is 0 Å². The van der Waals surface area contributed by atoms with Gasteiger partial charge in [-0.2, -0.15) is 5.26 Å². The lowest BCUT2D eigenvalue weighted by molar-refractivity contribution is 0.209. The summed E-state index contributed by atoms with van der Waals surface area (Å²) in [7, 11) is 0. The second-order valence-electron chi connectivity index (χ2n) is 4.47. The van der Waals surface area contributed by atoms with Crippen LogP contribution in [0.25, 0.3) is 0 Å². The van der Waals surface area contributed by atoms with Gasteiger partial charge in [-0.15, -0.1) is 23.1 Å². The fraction of sp³-hybridized carbons (Fsp3) is 0.667. The van der Waals surface area contributed by atoms with E-state index in [4.69, 9.17) is 0 Å². The lowest BCUT2D eigenvalue weighted by atomic mass is 9.97. The van der Waals surface area contributed by atoms with Gasteiger partial charge in [0.1, 0.15) is 9.75 Å². The molecule has 0 aromatic carbocycles. The van der Waals surface area contributed by atoms with E-state index in [-0.39, 0.29) is 4.75 Å². The van der Waals surface area contributed by atoms with Crippen LogP contribution in [-0.4, -0.2) is 34.0 Å². The Kier molecular flexibility index (Phi) is 4.08. The SMILES string of the molecule is CSC1(C#N)CCN(Cc2nc(C)cs2)CC1. The number of aromatic nitrogens is 1. The number of hydrogen-bond donors (Lipinski definition) is 0. The highest BCUT2D eigenvalue weighted by molar-refractivity contribution is 8.00. The Labute approximate surface area is 111 Å². The van der Waals surface area contributed by atoms with Crippen molar-refractivity contribution in [2.45, 2.75) is 31.1 Å². The number of nitrogens with zero attached hydrogens (tertiary/aromatic N) is 3. The molecule has 1 aromatic heterocycles. The summed E-state index contributed by atoms with van der Waals surface area (Å²) in [6.07, 6.45) is 3.98. The molecule has 0 saturated carbocycles. The van der Waals surface area contributed by atoms with E-state index in [9.17, 15) is 5.26 Å². The second kappa shape index (κ2) is 5.38. The molecule has 1 saturated heterocycles. The van der Waals surface area contributed by atoms with Crippen molar-refractivity contribution in [3.05, 3.63) is 16.1 Å². The predicted molar refractivity (Wildman–Crippen MR) is 73.2 cm³/mol. The number of thiazole rings is 1. The third-order valence-corrected chi connectivity index (χ3v) is 5.52. The molecule has 0 atom stereocenters. The summed E-state index contributed by atoms with van der Waals surface area (Å²) in [6.45, 7) is 4.99. The molecule has 2 heterocycles. The number of thioether (sulfide) groups is 1. The van der Waals surface area contributed by atoms with Crippen molar-refractivity contribution in [2.75, 3.05) is 19.3 Å². The van der Waals surface area contributed by atoms with E-state index in [1.807, 2.05) is 13.2 Å². The standard InChI is InChI=1S/C12H17N3S2/c1-10-8-17-11(14-10)7-15-5-3-12(9-13,16-2)4-6-15/h8H,3-7H2,1-2H3. The maximum atomic E-state index is 9.22. The fourth-order valence-electron chi connectivity index (χ4n) is 2.10. The van der Waals surface area contributed by atoms with E-state index in [0.29, 0.717) is 0 Å². The van der Waals surface area contributed by atoms with Gasteiger partial charge in [-0.1, -0.05) is 0 Å². The summed E-state index contributed by atoms with van der Waals surface area (Å²) in [6, 6.07) is 2.48. The van der Waals surface area contributed by atoms with Gasteiger partial charge in [0, 0.05) is 24.2 Å². The molecular weight excluding hydrogens is 250 g/mol. The summed E-state index contributed by atoms with van der Waals surface area (Å²) in [4.78, 5) is 6.89. The van der Waals surface area contributed by atoms with Crippen molar-refractivity contribution in [1.82, 2.24) is 9.88 Å². The van der Waals surface area contributed by atoms with E-state index < -0.39 is 0 Å². The third-order valence-electron chi connectivity index (χ3n) is 3.28. The van der Waals surface area contributed by atoms with E-state index >= 15 is 0 Å². The molecular formula is C12H17N3S2. The molecule has 1 fully saturated rings. The third kappa shape index (κ3) is 3.01. The van der Waals surface area contributed by atoms with Gasteiger partial charge in [-0.3, -0.25) is 4.90 Å². The summed E-state index contributed by atoms with van der Waals surface area (Å²) < 4.78 is -0.144. The molecule has 0 amide bonds. The quantitative estimate of drug-likeness (QED) is 0.844. The van der Waals surface area contributed by atoms with Gasteiger partial charge in [0.2, 0.25) is 0 Å². The average molecular weight is 267 g/mol. The Bertz CT molecular complexity index is 414. The highest BCUT2D eigenvalue weighted by Crippen LogP contribution is 2.34. The molecule has 1 aliphatic rings. The molecule has 0 radical (unpaired) electrons. The number of nitriles is 1. The highest BCUT2D eigenvalue weighted by atomic mass is 32.2. The molecule has 1 aromatic rings. The Morgan fingerprint density at radius 2 is 2.29 bits per heavy atom. The van der Waals surface area contributed by atoms with Crippen LogP contribution in [0.15, 0.2) is 5.38 Å². The molecule has 0 aliphatic carbocycles. The van der Waals surface area contributed by atoms with Crippen LogP contribution in [0.4, 0.5) is 0 Å². The van der Waals surface area contributed by atoms with Crippen LogP contribution < -0.4 is 0 Å². The normalized spacial score (nSPS) is 20.1. The zero-order chi connectivity index (χ0) is 12.3. The zero-order valence-corrected chi connectivity index (χ0v) is 11.9. The van der Waals surface area contributed by atoms with E-state index in [0.717, 1.165) is 38.2 Å². The Hall–Kier alpha value is -0.570. The number of hydrogen-bond acceptors (Lipinski definition) is 5. The summed E-state index contributed by atoms with van der Waals surface area (Å²) >= 11 is 3.44. The topological polar surface area (TPSA) is 39.9 Å². The monoisotopic (exact) mass is 267 g/mol. The number of piperidine rings is 1. The molecule has 5 heteroatoms. The summed E-state index contributed by atoms with van der Waals surface area (Å²) in [5.74, 6) is 0. The van der Waals surface area contributed by atoms with Gasteiger partial charge in [-0.05, 0) is 26.0 Å². The van der Waals surface area contributed by atoms with Crippen LogP contribution in [0.2, 0.25) is 0 Å². The molecule has 0 spiro atoms. The predicted octanol–water partition coefficient (Wildman–Crippen LogP) is 2.67. The number of likely N-dealkylation sites (tertiary alicyclic amines) is 1. The van der Waals surface area contributed by atoms with Crippen LogP contribution in [0.3, 0.4) is 0 Å². The smallest absolute Gasteiger partial charge is 0.107 e. The maximum absolute atomic E-state index is 9.22. The van der Waals surface area contributed by atoms with E-state index in [1.165, 1.54) is 5.01 Å².